The molecule has 1 aliphatic carbocycles. The minimum Gasteiger partial charge on any atom is -0.372 e. The maximum atomic E-state index is 8.83. The molecule has 0 spiro atoms. The van der Waals surface area contributed by atoms with Crippen LogP contribution >= 0.6 is 15.9 Å². The Balaban J connectivity index is 2.32. The number of halogens is 1. The molecule has 0 radical (unpaired) electrons. The Morgan fingerprint density at radius 2 is 2.14 bits per heavy atom. The van der Waals surface area contributed by atoms with Crippen LogP contribution < -0.4 is 4.90 Å². The number of nitrogens with zero attached hydrogens (tertiary/aromatic N) is 2. The van der Waals surface area contributed by atoms with Gasteiger partial charge in [0, 0.05) is 23.2 Å². The molecule has 0 amide bonds. The Labute approximate surface area is 92.3 Å². The molecular formula is C11H11BrN2. The molecule has 0 aliphatic heterocycles. The highest BCUT2D eigenvalue weighted by Gasteiger charge is 2.26. The van der Waals surface area contributed by atoms with Crippen LogP contribution in [-0.2, 0) is 0 Å². The summed E-state index contributed by atoms with van der Waals surface area (Å²) in [6.07, 6.45) is 2.54. The quantitative estimate of drug-likeness (QED) is 0.808. The van der Waals surface area contributed by atoms with Gasteiger partial charge in [-0.2, -0.15) is 5.26 Å². The molecule has 0 saturated heterocycles. The summed E-state index contributed by atoms with van der Waals surface area (Å²) in [6.45, 7) is 0. The van der Waals surface area contributed by atoms with Gasteiger partial charge >= 0.3 is 0 Å². The zero-order chi connectivity index (χ0) is 10.1. The first kappa shape index (κ1) is 9.54. The lowest BCUT2D eigenvalue weighted by molar-refractivity contribution is 0.916. The normalized spacial score (nSPS) is 14.9. The summed E-state index contributed by atoms with van der Waals surface area (Å²) in [6, 6.07) is 8.67. The number of nitriles is 1. The number of hydrogen-bond acceptors (Lipinski definition) is 2. The standard InChI is InChI=1S/C11H11BrN2/c1-14(10-2-3-10)11-5-8(7-13)4-9(12)6-11/h4-6,10H,2-3H2,1H3. The molecule has 0 N–H and O–H groups in total. The van der Waals surface area contributed by atoms with E-state index in [-0.39, 0.29) is 0 Å². The van der Waals surface area contributed by atoms with Crippen LogP contribution in [0, 0.1) is 11.3 Å². The molecular weight excluding hydrogens is 240 g/mol. The Kier molecular flexibility index (Phi) is 2.47. The van der Waals surface area contributed by atoms with Gasteiger partial charge < -0.3 is 4.90 Å². The number of anilines is 1. The maximum Gasteiger partial charge on any atom is 0.0992 e. The average Bonchev–Trinajstić information content (AvgIpc) is 2.99. The van der Waals surface area contributed by atoms with E-state index in [2.05, 4.69) is 40.0 Å². The molecule has 1 aromatic rings. The number of hydrogen-bond donors (Lipinski definition) is 0. The second-order valence-corrected chi connectivity index (χ2v) is 4.57. The van der Waals surface area contributed by atoms with Crippen LogP contribution in [0.25, 0.3) is 0 Å². The lowest BCUT2D eigenvalue weighted by Crippen LogP contribution is -2.19. The fraction of sp³-hybridized carbons (Fsp3) is 0.364. The van der Waals surface area contributed by atoms with Gasteiger partial charge in [0.05, 0.1) is 11.6 Å². The van der Waals surface area contributed by atoms with Crippen molar-refractivity contribution < 1.29 is 0 Å². The third-order valence-corrected chi connectivity index (χ3v) is 2.97. The minimum absolute atomic E-state index is 0.677. The van der Waals surface area contributed by atoms with Crippen molar-refractivity contribution in [3.8, 4) is 6.07 Å². The van der Waals surface area contributed by atoms with E-state index in [0.717, 1.165) is 10.2 Å². The van der Waals surface area contributed by atoms with Crippen molar-refractivity contribution in [2.45, 2.75) is 18.9 Å². The highest BCUT2D eigenvalue weighted by atomic mass is 79.9. The van der Waals surface area contributed by atoms with Crippen molar-refractivity contribution >= 4 is 21.6 Å². The van der Waals surface area contributed by atoms with Gasteiger partial charge in [0.2, 0.25) is 0 Å². The van der Waals surface area contributed by atoms with Crippen molar-refractivity contribution in [1.82, 2.24) is 0 Å². The molecule has 1 aliphatic rings. The smallest absolute Gasteiger partial charge is 0.0992 e. The SMILES string of the molecule is CN(c1cc(Br)cc(C#N)c1)C1CC1. The number of rotatable bonds is 2. The van der Waals surface area contributed by atoms with Gasteiger partial charge in [0.25, 0.3) is 0 Å². The zero-order valence-electron chi connectivity index (χ0n) is 8.00. The Morgan fingerprint density at radius 3 is 2.71 bits per heavy atom. The van der Waals surface area contributed by atoms with Crippen LogP contribution in [0.5, 0.6) is 0 Å². The van der Waals surface area contributed by atoms with Gasteiger partial charge in [-0.1, -0.05) is 15.9 Å². The highest BCUT2D eigenvalue weighted by Crippen LogP contribution is 2.31. The predicted molar refractivity (Wildman–Crippen MR) is 60.3 cm³/mol. The van der Waals surface area contributed by atoms with Crippen LogP contribution in [0.3, 0.4) is 0 Å². The van der Waals surface area contributed by atoms with Crippen molar-refractivity contribution in [2.24, 2.45) is 0 Å². The molecule has 2 rings (SSSR count). The lowest BCUT2D eigenvalue weighted by Gasteiger charge is -2.18. The van der Waals surface area contributed by atoms with Crippen molar-refractivity contribution in [1.29, 1.82) is 5.26 Å². The Morgan fingerprint density at radius 1 is 1.43 bits per heavy atom. The molecule has 1 saturated carbocycles. The molecule has 14 heavy (non-hydrogen) atoms. The zero-order valence-corrected chi connectivity index (χ0v) is 9.58. The van der Waals surface area contributed by atoms with E-state index in [9.17, 15) is 0 Å². The third-order valence-electron chi connectivity index (χ3n) is 2.51. The molecule has 72 valence electrons. The molecule has 0 heterocycles. The van der Waals surface area contributed by atoms with E-state index in [1.165, 1.54) is 12.8 Å². The first-order valence-electron chi connectivity index (χ1n) is 4.64. The Bertz CT molecular complexity index is 391. The van der Waals surface area contributed by atoms with E-state index >= 15 is 0 Å². The fourth-order valence-corrected chi connectivity index (χ4v) is 2.00. The van der Waals surface area contributed by atoms with Gasteiger partial charge in [0.1, 0.15) is 0 Å². The number of benzene rings is 1. The summed E-state index contributed by atoms with van der Waals surface area (Å²) in [4.78, 5) is 2.24. The molecule has 0 atom stereocenters. The Hall–Kier alpha value is -1.01. The molecule has 1 aromatic carbocycles. The summed E-state index contributed by atoms with van der Waals surface area (Å²) < 4.78 is 0.971. The minimum atomic E-state index is 0.677. The van der Waals surface area contributed by atoms with Gasteiger partial charge in [-0.3, -0.25) is 0 Å². The molecule has 2 nitrogen and oxygen atoms in total. The summed E-state index contributed by atoms with van der Waals surface area (Å²) >= 11 is 3.41. The molecule has 0 bridgehead atoms. The van der Waals surface area contributed by atoms with E-state index < -0.39 is 0 Å². The van der Waals surface area contributed by atoms with Gasteiger partial charge in [-0.15, -0.1) is 0 Å². The van der Waals surface area contributed by atoms with Crippen LogP contribution in [0.4, 0.5) is 5.69 Å². The summed E-state index contributed by atoms with van der Waals surface area (Å²) in [7, 11) is 2.08. The molecule has 0 unspecified atom stereocenters. The van der Waals surface area contributed by atoms with E-state index in [1.54, 1.807) is 0 Å². The topological polar surface area (TPSA) is 27.0 Å². The maximum absolute atomic E-state index is 8.83. The summed E-state index contributed by atoms with van der Waals surface area (Å²) in [5, 5.41) is 8.83. The third kappa shape index (κ3) is 1.91. The van der Waals surface area contributed by atoms with Crippen molar-refractivity contribution in [2.75, 3.05) is 11.9 Å². The second-order valence-electron chi connectivity index (χ2n) is 3.65. The summed E-state index contributed by atoms with van der Waals surface area (Å²) in [5.74, 6) is 0. The first-order chi connectivity index (χ1) is 6.70. The predicted octanol–water partition coefficient (Wildman–Crippen LogP) is 2.92. The monoisotopic (exact) mass is 250 g/mol. The summed E-state index contributed by atoms with van der Waals surface area (Å²) in [5.41, 5.74) is 1.83. The van der Waals surface area contributed by atoms with Crippen molar-refractivity contribution in [3.05, 3.63) is 28.2 Å². The molecule has 3 heteroatoms. The largest absolute Gasteiger partial charge is 0.372 e. The fourth-order valence-electron chi connectivity index (χ4n) is 1.51. The van der Waals surface area contributed by atoms with Crippen LogP contribution in [-0.4, -0.2) is 13.1 Å². The van der Waals surface area contributed by atoms with Crippen LogP contribution in [0.2, 0.25) is 0 Å². The highest BCUT2D eigenvalue weighted by molar-refractivity contribution is 9.10. The van der Waals surface area contributed by atoms with E-state index in [1.807, 2.05) is 12.1 Å². The second kappa shape index (κ2) is 3.62. The lowest BCUT2D eigenvalue weighted by atomic mass is 10.2. The van der Waals surface area contributed by atoms with Crippen LogP contribution in [0.1, 0.15) is 18.4 Å². The van der Waals surface area contributed by atoms with E-state index in [0.29, 0.717) is 11.6 Å². The molecule has 0 aromatic heterocycles. The molecule has 1 fully saturated rings. The van der Waals surface area contributed by atoms with E-state index in [4.69, 9.17) is 5.26 Å². The van der Waals surface area contributed by atoms with Crippen LogP contribution in [0.15, 0.2) is 22.7 Å². The van der Waals surface area contributed by atoms with Gasteiger partial charge in [-0.25, -0.2) is 0 Å². The average molecular weight is 251 g/mol. The van der Waals surface area contributed by atoms with Gasteiger partial charge in [0.15, 0.2) is 0 Å². The van der Waals surface area contributed by atoms with Gasteiger partial charge in [-0.05, 0) is 31.0 Å². The first-order valence-corrected chi connectivity index (χ1v) is 5.43. The van der Waals surface area contributed by atoms with Crippen molar-refractivity contribution in [3.63, 3.8) is 0 Å².